The monoisotopic (exact) mass is 328 g/mol. The topological polar surface area (TPSA) is 75.0 Å². The second-order valence-electron chi connectivity index (χ2n) is 5.34. The summed E-state index contributed by atoms with van der Waals surface area (Å²) in [6.07, 6.45) is 3.17. The number of amides is 1. The lowest BCUT2D eigenvalue weighted by molar-refractivity contribution is 0.0616. The summed E-state index contributed by atoms with van der Waals surface area (Å²) in [5.41, 5.74) is 7.21. The molecule has 106 valence electrons. The van der Waals surface area contributed by atoms with Crippen LogP contribution in [0.2, 0.25) is 0 Å². The Balaban J connectivity index is 2.23. The molecule has 1 aliphatic heterocycles. The average molecular weight is 329 g/mol. The predicted octanol–water partition coefficient (Wildman–Crippen LogP) is 2.25. The summed E-state index contributed by atoms with van der Waals surface area (Å²) in [4.78, 5) is 14.5. The summed E-state index contributed by atoms with van der Waals surface area (Å²) in [7, 11) is 0. The number of aromatic amines is 1. The summed E-state index contributed by atoms with van der Waals surface area (Å²) in [5, 5.41) is 7.13. The molecule has 2 rings (SSSR count). The first-order valence-electron chi connectivity index (χ1n) is 6.81. The van der Waals surface area contributed by atoms with Gasteiger partial charge in [0.05, 0.1) is 10.2 Å². The van der Waals surface area contributed by atoms with Gasteiger partial charge in [0.15, 0.2) is 5.69 Å². The minimum atomic E-state index is -0.0230. The molecule has 5 nitrogen and oxygen atoms in total. The number of halogens is 1. The van der Waals surface area contributed by atoms with Crippen LogP contribution in [0.15, 0.2) is 4.47 Å². The molecule has 0 aromatic carbocycles. The van der Waals surface area contributed by atoms with Crippen LogP contribution in [-0.4, -0.2) is 40.1 Å². The number of aromatic nitrogens is 2. The normalized spacial score (nSPS) is 20.1. The number of carbonyl (C=O) groups is 1. The molecule has 1 aromatic rings. The van der Waals surface area contributed by atoms with E-state index in [-0.39, 0.29) is 11.9 Å². The Bertz CT molecular complexity index is 457. The lowest BCUT2D eigenvalue weighted by Gasteiger charge is -2.34. The Morgan fingerprint density at radius 3 is 2.89 bits per heavy atom. The van der Waals surface area contributed by atoms with Gasteiger partial charge in [0.1, 0.15) is 0 Å². The van der Waals surface area contributed by atoms with Crippen molar-refractivity contribution in [1.82, 2.24) is 15.1 Å². The highest BCUT2D eigenvalue weighted by atomic mass is 79.9. The fourth-order valence-electron chi connectivity index (χ4n) is 2.52. The summed E-state index contributed by atoms with van der Waals surface area (Å²) in [6, 6.07) is 0.146. The molecular formula is C13H21BrN4O. The maximum Gasteiger partial charge on any atom is 0.275 e. The van der Waals surface area contributed by atoms with Crippen LogP contribution in [0.5, 0.6) is 0 Å². The fraction of sp³-hybridized carbons (Fsp3) is 0.692. The van der Waals surface area contributed by atoms with Gasteiger partial charge in [-0.1, -0.05) is 13.8 Å². The fourth-order valence-corrected chi connectivity index (χ4v) is 3.32. The number of nitrogens with two attached hydrogens (primary N) is 1. The van der Waals surface area contributed by atoms with Crippen LogP contribution in [-0.2, 0) is 0 Å². The third kappa shape index (κ3) is 2.84. The quantitative estimate of drug-likeness (QED) is 0.893. The van der Waals surface area contributed by atoms with Gasteiger partial charge in [-0.05, 0) is 41.1 Å². The van der Waals surface area contributed by atoms with Crippen LogP contribution in [0, 0.1) is 0 Å². The van der Waals surface area contributed by atoms with Crippen LogP contribution >= 0.6 is 15.9 Å². The molecule has 0 bridgehead atoms. The van der Waals surface area contributed by atoms with E-state index in [0.29, 0.717) is 18.2 Å². The molecule has 2 heterocycles. The van der Waals surface area contributed by atoms with E-state index in [0.717, 1.165) is 36.0 Å². The van der Waals surface area contributed by atoms with Gasteiger partial charge in [0.2, 0.25) is 0 Å². The maximum atomic E-state index is 12.6. The van der Waals surface area contributed by atoms with Gasteiger partial charge in [-0.15, -0.1) is 0 Å². The maximum absolute atomic E-state index is 12.6. The number of rotatable bonds is 3. The molecule has 3 N–H and O–H groups in total. The van der Waals surface area contributed by atoms with Crippen LogP contribution in [0.3, 0.4) is 0 Å². The number of hydrogen-bond acceptors (Lipinski definition) is 3. The number of piperidine rings is 1. The number of nitrogens with one attached hydrogen (secondary N) is 1. The summed E-state index contributed by atoms with van der Waals surface area (Å²) >= 11 is 3.49. The van der Waals surface area contributed by atoms with E-state index in [4.69, 9.17) is 5.73 Å². The van der Waals surface area contributed by atoms with Crippen molar-refractivity contribution in [3.05, 3.63) is 15.9 Å². The SMILES string of the molecule is CC(C)c1[nH]nc(C(=O)N2CCCCC2CN)c1Br. The predicted molar refractivity (Wildman–Crippen MR) is 78.1 cm³/mol. The molecule has 19 heavy (non-hydrogen) atoms. The van der Waals surface area contributed by atoms with Gasteiger partial charge in [-0.2, -0.15) is 5.10 Å². The summed E-state index contributed by atoms with van der Waals surface area (Å²) < 4.78 is 0.786. The molecule has 0 saturated carbocycles. The zero-order valence-corrected chi connectivity index (χ0v) is 13.0. The zero-order chi connectivity index (χ0) is 14.0. The van der Waals surface area contributed by atoms with Crippen molar-refractivity contribution in [1.29, 1.82) is 0 Å². The number of likely N-dealkylation sites (tertiary alicyclic amines) is 1. The highest BCUT2D eigenvalue weighted by molar-refractivity contribution is 9.10. The van der Waals surface area contributed by atoms with E-state index in [1.807, 2.05) is 4.90 Å². The molecule has 1 aliphatic rings. The second-order valence-corrected chi connectivity index (χ2v) is 6.13. The molecule has 1 unspecified atom stereocenters. The van der Waals surface area contributed by atoms with E-state index in [9.17, 15) is 4.79 Å². The van der Waals surface area contributed by atoms with Gasteiger partial charge < -0.3 is 10.6 Å². The zero-order valence-electron chi connectivity index (χ0n) is 11.4. The average Bonchev–Trinajstić information content (AvgIpc) is 2.80. The second kappa shape index (κ2) is 6.05. The molecule has 0 aliphatic carbocycles. The Morgan fingerprint density at radius 1 is 1.58 bits per heavy atom. The first kappa shape index (κ1) is 14.5. The van der Waals surface area contributed by atoms with Crippen molar-refractivity contribution in [2.45, 2.75) is 45.1 Å². The van der Waals surface area contributed by atoms with E-state index in [1.165, 1.54) is 0 Å². The largest absolute Gasteiger partial charge is 0.333 e. The highest BCUT2D eigenvalue weighted by Gasteiger charge is 2.30. The van der Waals surface area contributed by atoms with Gasteiger partial charge in [-0.25, -0.2) is 0 Å². The molecule has 1 aromatic heterocycles. The van der Waals surface area contributed by atoms with Gasteiger partial charge in [0, 0.05) is 19.1 Å². The van der Waals surface area contributed by atoms with E-state index >= 15 is 0 Å². The Hall–Kier alpha value is -0.880. The number of nitrogens with zero attached hydrogens (tertiary/aromatic N) is 2. The van der Waals surface area contributed by atoms with Crippen LogP contribution in [0.4, 0.5) is 0 Å². The van der Waals surface area contributed by atoms with Crippen molar-refractivity contribution in [2.24, 2.45) is 5.73 Å². The standard InChI is InChI=1S/C13H21BrN4O/c1-8(2)11-10(14)12(17-16-11)13(19)18-6-4-3-5-9(18)7-15/h8-9H,3-7,15H2,1-2H3,(H,16,17). The Labute approximate surface area is 122 Å². The third-order valence-electron chi connectivity index (χ3n) is 3.67. The van der Waals surface area contributed by atoms with Gasteiger partial charge >= 0.3 is 0 Å². The first-order valence-corrected chi connectivity index (χ1v) is 7.60. The first-order chi connectivity index (χ1) is 9.06. The van der Waals surface area contributed by atoms with Crippen LogP contribution in [0.1, 0.15) is 55.2 Å². The molecule has 0 spiro atoms. The molecule has 0 radical (unpaired) electrons. The van der Waals surface area contributed by atoms with Gasteiger partial charge in [-0.3, -0.25) is 9.89 Å². The molecule has 6 heteroatoms. The molecular weight excluding hydrogens is 308 g/mol. The molecule has 1 atom stereocenters. The minimum absolute atomic E-state index is 0.0230. The lowest BCUT2D eigenvalue weighted by atomic mass is 10.0. The van der Waals surface area contributed by atoms with Crippen LogP contribution < -0.4 is 5.73 Å². The number of carbonyl (C=O) groups excluding carboxylic acids is 1. The summed E-state index contributed by atoms with van der Waals surface area (Å²) in [5.74, 6) is 0.278. The lowest BCUT2D eigenvalue weighted by Crippen LogP contribution is -2.47. The summed E-state index contributed by atoms with van der Waals surface area (Å²) in [6.45, 7) is 5.42. The molecule has 1 fully saturated rings. The van der Waals surface area contributed by atoms with Crippen molar-refractivity contribution in [3.8, 4) is 0 Å². The number of hydrogen-bond donors (Lipinski definition) is 2. The smallest absolute Gasteiger partial charge is 0.275 e. The van der Waals surface area contributed by atoms with E-state index < -0.39 is 0 Å². The van der Waals surface area contributed by atoms with E-state index in [2.05, 4.69) is 40.0 Å². The number of H-pyrrole nitrogens is 1. The Morgan fingerprint density at radius 2 is 2.32 bits per heavy atom. The van der Waals surface area contributed by atoms with Crippen molar-refractivity contribution < 1.29 is 4.79 Å². The highest BCUT2D eigenvalue weighted by Crippen LogP contribution is 2.28. The molecule has 1 amide bonds. The Kier molecular flexibility index (Phi) is 4.62. The minimum Gasteiger partial charge on any atom is -0.333 e. The molecule has 1 saturated heterocycles. The van der Waals surface area contributed by atoms with E-state index in [1.54, 1.807) is 0 Å². The van der Waals surface area contributed by atoms with Crippen LogP contribution in [0.25, 0.3) is 0 Å². The van der Waals surface area contributed by atoms with Crippen molar-refractivity contribution in [3.63, 3.8) is 0 Å². The van der Waals surface area contributed by atoms with Gasteiger partial charge in [0.25, 0.3) is 5.91 Å². The van der Waals surface area contributed by atoms with Crippen molar-refractivity contribution >= 4 is 21.8 Å². The third-order valence-corrected chi connectivity index (χ3v) is 4.48. The van der Waals surface area contributed by atoms with Crippen molar-refractivity contribution in [2.75, 3.05) is 13.1 Å².